The van der Waals surface area contributed by atoms with Crippen LogP contribution in [0.2, 0.25) is 0 Å². The molecule has 0 aromatic heterocycles. The molecule has 0 radical (unpaired) electrons. The molecule has 0 saturated carbocycles. The zero-order valence-corrected chi connectivity index (χ0v) is 11.1. The van der Waals surface area contributed by atoms with E-state index in [2.05, 4.69) is 5.32 Å². The summed E-state index contributed by atoms with van der Waals surface area (Å²) >= 11 is 0. The van der Waals surface area contributed by atoms with Gasteiger partial charge in [-0.1, -0.05) is 37.3 Å². The minimum absolute atomic E-state index is 0.0536. The molecule has 1 rings (SSSR count). The Morgan fingerprint density at radius 2 is 1.95 bits per heavy atom. The summed E-state index contributed by atoms with van der Waals surface area (Å²) in [4.78, 5) is 23.0. The molecule has 104 valence electrons. The van der Waals surface area contributed by atoms with E-state index >= 15 is 0 Å². The molecule has 0 bridgehead atoms. The van der Waals surface area contributed by atoms with Gasteiger partial charge in [0, 0.05) is 13.7 Å². The first-order valence-electron chi connectivity index (χ1n) is 6.18. The fourth-order valence-corrected chi connectivity index (χ4v) is 1.81. The van der Waals surface area contributed by atoms with Gasteiger partial charge >= 0.3 is 5.97 Å². The summed E-state index contributed by atoms with van der Waals surface area (Å²) in [5.41, 5.74) is 0.667. The first-order valence-corrected chi connectivity index (χ1v) is 6.18. The molecule has 2 N–H and O–H groups in total. The number of benzene rings is 1. The predicted molar refractivity (Wildman–Crippen MR) is 70.9 cm³/mol. The van der Waals surface area contributed by atoms with Crippen LogP contribution >= 0.6 is 0 Å². The molecule has 0 heterocycles. The van der Waals surface area contributed by atoms with Crippen molar-refractivity contribution in [2.24, 2.45) is 0 Å². The van der Waals surface area contributed by atoms with Gasteiger partial charge in [-0.25, -0.2) is 0 Å². The molecule has 0 saturated heterocycles. The SMILES string of the molecule is CCC(OC)C(=O)NCC(C(=O)O)c1ccccc1. The smallest absolute Gasteiger partial charge is 0.312 e. The summed E-state index contributed by atoms with van der Waals surface area (Å²) < 4.78 is 5.00. The number of methoxy groups -OCH3 is 1. The Balaban J connectivity index is 2.66. The lowest BCUT2D eigenvalue weighted by molar-refractivity contribution is -0.139. The van der Waals surface area contributed by atoms with Crippen LogP contribution in [0.15, 0.2) is 30.3 Å². The summed E-state index contributed by atoms with van der Waals surface area (Å²) in [5.74, 6) is -2.00. The van der Waals surface area contributed by atoms with Crippen molar-refractivity contribution in [1.82, 2.24) is 5.32 Å². The van der Waals surface area contributed by atoms with Crippen molar-refractivity contribution in [2.75, 3.05) is 13.7 Å². The van der Waals surface area contributed by atoms with Crippen molar-refractivity contribution in [1.29, 1.82) is 0 Å². The minimum Gasteiger partial charge on any atom is -0.481 e. The van der Waals surface area contributed by atoms with E-state index in [0.29, 0.717) is 12.0 Å². The summed E-state index contributed by atoms with van der Waals surface area (Å²) in [6, 6.07) is 8.84. The maximum atomic E-state index is 11.7. The quantitative estimate of drug-likeness (QED) is 0.781. The van der Waals surface area contributed by atoms with Gasteiger partial charge in [0.05, 0.1) is 5.92 Å². The molecule has 1 aromatic carbocycles. The highest BCUT2D eigenvalue weighted by Crippen LogP contribution is 2.14. The maximum absolute atomic E-state index is 11.7. The van der Waals surface area contributed by atoms with Gasteiger partial charge in [-0.15, -0.1) is 0 Å². The van der Waals surface area contributed by atoms with Crippen LogP contribution in [0, 0.1) is 0 Å². The normalized spacial score (nSPS) is 13.6. The highest BCUT2D eigenvalue weighted by Gasteiger charge is 2.22. The highest BCUT2D eigenvalue weighted by molar-refractivity contribution is 5.82. The van der Waals surface area contributed by atoms with E-state index in [1.807, 2.05) is 13.0 Å². The Labute approximate surface area is 112 Å². The number of hydrogen-bond acceptors (Lipinski definition) is 3. The van der Waals surface area contributed by atoms with Crippen LogP contribution in [0.25, 0.3) is 0 Å². The predicted octanol–water partition coefficient (Wildman–Crippen LogP) is 1.40. The van der Waals surface area contributed by atoms with E-state index in [4.69, 9.17) is 4.74 Å². The molecule has 1 amide bonds. The number of carbonyl (C=O) groups is 2. The fourth-order valence-electron chi connectivity index (χ4n) is 1.81. The van der Waals surface area contributed by atoms with E-state index in [9.17, 15) is 14.7 Å². The molecule has 0 aliphatic heterocycles. The van der Waals surface area contributed by atoms with Gasteiger partial charge in [-0.2, -0.15) is 0 Å². The average Bonchev–Trinajstić information content (AvgIpc) is 2.41. The number of ether oxygens (including phenoxy) is 1. The van der Waals surface area contributed by atoms with Gasteiger partial charge in [0.1, 0.15) is 6.10 Å². The summed E-state index contributed by atoms with van der Waals surface area (Å²) in [6.07, 6.45) is 0.0102. The average molecular weight is 265 g/mol. The highest BCUT2D eigenvalue weighted by atomic mass is 16.5. The fraction of sp³-hybridized carbons (Fsp3) is 0.429. The number of hydrogen-bond donors (Lipinski definition) is 2. The first-order chi connectivity index (χ1) is 9.10. The number of aliphatic carboxylic acids is 1. The number of carbonyl (C=O) groups excluding carboxylic acids is 1. The van der Waals surface area contributed by atoms with E-state index in [-0.39, 0.29) is 12.5 Å². The van der Waals surface area contributed by atoms with Crippen LogP contribution in [0.5, 0.6) is 0 Å². The second-order valence-electron chi connectivity index (χ2n) is 4.18. The number of nitrogens with one attached hydrogen (secondary N) is 1. The third kappa shape index (κ3) is 4.37. The summed E-state index contributed by atoms with van der Waals surface area (Å²) in [6.45, 7) is 1.89. The van der Waals surface area contributed by atoms with E-state index in [1.165, 1.54) is 7.11 Å². The Bertz CT molecular complexity index is 415. The Hall–Kier alpha value is -1.88. The molecule has 5 heteroatoms. The molecule has 0 spiro atoms. The molecular formula is C14H19NO4. The molecular weight excluding hydrogens is 246 g/mol. The molecule has 0 fully saturated rings. The van der Waals surface area contributed by atoms with Gasteiger partial charge in [0.25, 0.3) is 0 Å². The van der Waals surface area contributed by atoms with Crippen LogP contribution in [0.1, 0.15) is 24.8 Å². The lowest BCUT2D eigenvalue weighted by Gasteiger charge is -2.17. The number of rotatable bonds is 7. The zero-order valence-electron chi connectivity index (χ0n) is 11.1. The van der Waals surface area contributed by atoms with Crippen molar-refractivity contribution in [2.45, 2.75) is 25.4 Å². The van der Waals surface area contributed by atoms with Crippen LogP contribution in [0.3, 0.4) is 0 Å². The topological polar surface area (TPSA) is 75.6 Å². The number of amides is 1. The zero-order chi connectivity index (χ0) is 14.3. The summed E-state index contributed by atoms with van der Waals surface area (Å²) in [5, 5.41) is 11.8. The first kappa shape index (κ1) is 15.2. The second kappa shape index (κ2) is 7.53. The van der Waals surface area contributed by atoms with Crippen LogP contribution in [-0.2, 0) is 14.3 Å². The number of carboxylic acids is 1. The van der Waals surface area contributed by atoms with Crippen molar-refractivity contribution < 1.29 is 19.4 Å². The summed E-state index contributed by atoms with van der Waals surface area (Å²) in [7, 11) is 1.46. The van der Waals surface area contributed by atoms with Crippen LogP contribution in [0.4, 0.5) is 0 Å². The molecule has 19 heavy (non-hydrogen) atoms. The maximum Gasteiger partial charge on any atom is 0.312 e. The molecule has 2 atom stereocenters. The third-order valence-corrected chi connectivity index (χ3v) is 2.93. The van der Waals surface area contributed by atoms with Gasteiger partial charge < -0.3 is 15.2 Å². The van der Waals surface area contributed by atoms with Crippen LogP contribution < -0.4 is 5.32 Å². The van der Waals surface area contributed by atoms with Gasteiger partial charge in [-0.3, -0.25) is 9.59 Å². The largest absolute Gasteiger partial charge is 0.481 e. The van der Waals surface area contributed by atoms with Gasteiger partial charge in [-0.05, 0) is 12.0 Å². The lowest BCUT2D eigenvalue weighted by Crippen LogP contribution is -2.39. The van der Waals surface area contributed by atoms with Crippen molar-refractivity contribution in [3.8, 4) is 0 Å². The molecule has 0 aliphatic rings. The van der Waals surface area contributed by atoms with Gasteiger partial charge in [0.2, 0.25) is 5.91 Å². The van der Waals surface area contributed by atoms with Gasteiger partial charge in [0.15, 0.2) is 0 Å². The Morgan fingerprint density at radius 3 is 2.42 bits per heavy atom. The molecule has 1 aromatic rings. The number of carboxylic acid groups (broad SMARTS) is 1. The van der Waals surface area contributed by atoms with Crippen molar-refractivity contribution in [3.05, 3.63) is 35.9 Å². The minimum atomic E-state index is -0.961. The Kier molecular flexibility index (Phi) is 6.02. The van der Waals surface area contributed by atoms with Crippen molar-refractivity contribution >= 4 is 11.9 Å². The monoisotopic (exact) mass is 265 g/mol. The van der Waals surface area contributed by atoms with E-state index < -0.39 is 18.0 Å². The molecule has 2 unspecified atom stereocenters. The standard InChI is InChI=1S/C14H19NO4/c1-3-12(19-2)13(16)15-9-11(14(17)18)10-7-5-4-6-8-10/h4-8,11-12H,3,9H2,1-2H3,(H,15,16)(H,17,18). The molecule has 0 aliphatic carbocycles. The lowest BCUT2D eigenvalue weighted by atomic mass is 9.99. The second-order valence-corrected chi connectivity index (χ2v) is 4.18. The van der Waals surface area contributed by atoms with E-state index in [1.54, 1.807) is 24.3 Å². The Morgan fingerprint density at radius 1 is 1.32 bits per heavy atom. The third-order valence-electron chi connectivity index (χ3n) is 2.93. The van der Waals surface area contributed by atoms with E-state index in [0.717, 1.165) is 0 Å². The van der Waals surface area contributed by atoms with Crippen molar-refractivity contribution in [3.63, 3.8) is 0 Å². The molecule has 5 nitrogen and oxygen atoms in total. The van der Waals surface area contributed by atoms with Crippen LogP contribution in [-0.4, -0.2) is 36.7 Å².